The zero-order valence-electron chi connectivity index (χ0n) is 9.11. The van der Waals surface area contributed by atoms with Crippen LogP contribution in [0.25, 0.3) is 10.4 Å². The van der Waals surface area contributed by atoms with Crippen LogP contribution in [0.1, 0.15) is 26.2 Å². The van der Waals surface area contributed by atoms with E-state index in [4.69, 9.17) is 10.3 Å². The van der Waals surface area contributed by atoms with Crippen LogP contribution in [0, 0.1) is 0 Å². The molecule has 0 spiro atoms. The molecule has 6 heteroatoms. The first-order valence-corrected chi connectivity index (χ1v) is 5.16. The van der Waals surface area contributed by atoms with E-state index < -0.39 is 0 Å². The molecule has 0 heterocycles. The molecule has 0 saturated heterocycles. The maximum Gasteiger partial charge on any atom is 0.220 e. The minimum atomic E-state index is 0.0237. The molecule has 0 rings (SSSR count). The minimum Gasteiger partial charge on any atom is -0.382 e. The van der Waals surface area contributed by atoms with Crippen molar-refractivity contribution >= 4 is 5.91 Å². The fraction of sp³-hybridized carbons (Fsp3) is 0.889. The molecular weight excluding hydrogens is 196 g/mol. The van der Waals surface area contributed by atoms with Gasteiger partial charge in [0.2, 0.25) is 5.91 Å². The fourth-order valence-corrected chi connectivity index (χ4v) is 0.990. The van der Waals surface area contributed by atoms with Gasteiger partial charge >= 0.3 is 0 Å². The number of amides is 1. The molecule has 0 aliphatic carbocycles. The largest absolute Gasteiger partial charge is 0.382 e. The van der Waals surface area contributed by atoms with Crippen LogP contribution in [0.3, 0.4) is 0 Å². The topological polar surface area (TPSA) is 87.1 Å². The smallest absolute Gasteiger partial charge is 0.220 e. The van der Waals surface area contributed by atoms with Gasteiger partial charge in [0.25, 0.3) is 0 Å². The number of nitrogens with one attached hydrogen (secondary N) is 1. The van der Waals surface area contributed by atoms with Crippen molar-refractivity contribution in [2.75, 3.05) is 26.3 Å². The number of hydrogen-bond acceptors (Lipinski definition) is 3. The molecule has 0 aromatic carbocycles. The lowest BCUT2D eigenvalue weighted by Crippen LogP contribution is -2.24. The van der Waals surface area contributed by atoms with E-state index in [-0.39, 0.29) is 5.91 Å². The number of rotatable bonds is 9. The zero-order chi connectivity index (χ0) is 11.4. The molecule has 0 unspecified atom stereocenters. The summed E-state index contributed by atoms with van der Waals surface area (Å²) in [6, 6.07) is 0. The quantitative estimate of drug-likeness (QED) is 0.273. The number of hydrogen-bond donors (Lipinski definition) is 1. The Morgan fingerprint density at radius 2 is 2.33 bits per heavy atom. The van der Waals surface area contributed by atoms with Gasteiger partial charge in [-0.1, -0.05) is 5.11 Å². The number of ether oxygens (including phenoxy) is 1. The van der Waals surface area contributed by atoms with Gasteiger partial charge in [0, 0.05) is 37.6 Å². The van der Waals surface area contributed by atoms with Gasteiger partial charge in [0.15, 0.2) is 0 Å². The first-order chi connectivity index (χ1) is 7.31. The van der Waals surface area contributed by atoms with E-state index in [1.165, 1.54) is 0 Å². The number of azide groups is 1. The third-order valence-electron chi connectivity index (χ3n) is 1.72. The predicted octanol–water partition coefficient (Wildman–Crippen LogP) is 1.62. The highest BCUT2D eigenvalue weighted by atomic mass is 16.5. The van der Waals surface area contributed by atoms with Crippen LogP contribution >= 0.6 is 0 Å². The Morgan fingerprint density at radius 1 is 1.53 bits per heavy atom. The SMILES string of the molecule is CCOCCCC(=O)NCCCN=[N+]=[N-]. The monoisotopic (exact) mass is 214 g/mol. The normalized spacial score (nSPS) is 9.40. The first kappa shape index (κ1) is 13.7. The number of carbonyl (C=O) groups is 1. The van der Waals surface area contributed by atoms with Gasteiger partial charge in [-0.25, -0.2) is 0 Å². The summed E-state index contributed by atoms with van der Waals surface area (Å²) in [5.74, 6) is 0.0237. The summed E-state index contributed by atoms with van der Waals surface area (Å²) >= 11 is 0. The highest BCUT2D eigenvalue weighted by Gasteiger charge is 1.99. The van der Waals surface area contributed by atoms with Crippen LogP contribution in [0.2, 0.25) is 0 Å². The summed E-state index contributed by atoms with van der Waals surface area (Å²) < 4.78 is 5.11. The third-order valence-corrected chi connectivity index (χ3v) is 1.72. The number of carbonyl (C=O) groups excluding carboxylic acids is 1. The van der Waals surface area contributed by atoms with E-state index >= 15 is 0 Å². The van der Waals surface area contributed by atoms with Gasteiger partial charge in [0.05, 0.1) is 0 Å². The van der Waals surface area contributed by atoms with E-state index in [0.717, 1.165) is 6.42 Å². The van der Waals surface area contributed by atoms with E-state index in [1.807, 2.05) is 6.92 Å². The Balaban J connectivity index is 3.22. The molecule has 0 fully saturated rings. The molecule has 0 aliphatic rings. The van der Waals surface area contributed by atoms with E-state index in [9.17, 15) is 4.79 Å². The number of nitrogens with zero attached hydrogens (tertiary/aromatic N) is 3. The summed E-state index contributed by atoms with van der Waals surface area (Å²) in [4.78, 5) is 13.8. The third kappa shape index (κ3) is 10.7. The van der Waals surface area contributed by atoms with Crippen LogP contribution < -0.4 is 5.32 Å². The molecule has 0 atom stereocenters. The summed E-state index contributed by atoms with van der Waals surface area (Å²) in [5, 5.41) is 6.11. The maximum absolute atomic E-state index is 11.2. The first-order valence-electron chi connectivity index (χ1n) is 5.16. The molecule has 0 aromatic rings. The molecule has 0 aromatic heterocycles. The Bertz CT molecular complexity index is 214. The summed E-state index contributed by atoms with van der Waals surface area (Å²) in [6.45, 7) is 4.23. The Morgan fingerprint density at radius 3 is 3.00 bits per heavy atom. The molecule has 1 N–H and O–H groups in total. The van der Waals surface area contributed by atoms with Crippen LogP contribution in [-0.4, -0.2) is 32.2 Å². The van der Waals surface area contributed by atoms with Crippen molar-refractivity contribution in [3.63, 3.8) is 0 Å². The second kappa shape index (κ2) is 10.8. The predicted molar refractivity (Wildman–Crippen MR) is 57.4 cm³/mol. The van der Waals surface area contributed by atoms with Crippen LogP contribution in [0.15, 0.2) is 5.11 Å². The Labute approximate surface area is 89.6 Å². The van der Waals surface area contributed by atoms with Crippen molar-refractivity contribution in [3.8, 4) is 0 Å². The maximum atomic E-state index is 11.2. The molecule has 0 bridgehead atoms. The van der Waals surface area contributed by atoms with Crippen molar-refractivity contribution < 1.29 is 9.53 Å². The van der Waals surface area contributed by atoms with Gasteiger partial charge in [-0.05, 0) is 25.3 Å². The van der Waals surface area contributed by atoms with Crippen LogP contribution in [0.5, 0.6) is 0 Å². The molecule has 0 radical (unpaired) electrons. The lowest BCUT2D eigenvalue weighted by atomic mass is 10.3. The fourth-order valence-electron chi connectivity index (χ4n) is 0.990. The van der Waals surface area contributed by atoms with Gasteiger partial charge in [-0.3, -0.25) is 4.79 Å². The Kier molecular flexibility index (Phi) is 9.91. The van der Waals surface area contributed by atoms with Crippen molar-refractivity contribution in [2.24, 2.45) is 5.11 Å². The van der Waals surface area contributed by atoms with Crippen molar-refractivity contribution in [1.82, 2.24) is 5.32 Å². The molecule has 0 aliphatic heterocycles. The lowest BCUT2D eigenvalue weighted by molar-refractivity contribution is -0.121. The summed E-state index contributed by atoms with van der Waals surface area (Å²) in [6.07, 6.45) is 1.92. The van der Waals surface area contributed by atoms with Gasteiger partial charge in [0.1, 0.15) is 0 Å². The lowest BCUT2D eigenvalue weighted by Gasteiger charge is -2.03. The van der Waals surface area contributed by atoms with Crippen LogP contribution in [-0.2, 0) is 9.53 Å². The Hall–Kier alpha value is -1.26. The minimum absolute atomic E-state index is 0.0237. The highest BCUT2D eigenvalue weighted by molar-refractivity contribution is 5.75. The van der Waals surface area contributed by atoms with Crippen LogP contribution in [0.4, 0.5) is 0 Å². The molecule has 1 amide bonds. The van der Waals surface area contributed by atoms with Gasteiger partial charge < -0.3 is 10.1 Å². The second-order valence-electron chi connectivity index (χ2n) is 2.96. The highest BCUT2D eigenvalue weighted by Crippen LogP contribution is 1.90. The average Bonchev–Trinajstić information content (AvgIpc) is 2.24. The van der Waals surface area contributed by atoms with E-state index in [2.05, 4.69) is 15.3 Å². The molecule has 15 heavy (non-hydrogen) atoms. The van der Waals surface area contributed by atoms with Gasteiger partial charge in [-0.2, -0.15) is 0 Å². The van der Waals surface area contributed by atoms with Crippen molar-refractivity contribution in [2.45, 2.75) is 26.2 Å². The molecule has 6 nitrogen and oxygen atoms in total. The average molecular weight is 214 g/mol. The summed E-state index contributed by atoms with van der Waals surface area (Å²) in [5.41, 5.74) is 8.00. The standard InChI is InChI=1S/C9H18N4O2/c1-2-15-8-3-5-9(14)11-6-4-7-12-13-10/h2-8H2,1H3,(H,11,14). The summed E-state index contributed by atoms with van der Waals surface area (Å²) in [7, 11) is 0. The molecule has 0 saturated carbocycles. The molecule has 86 valence electrons. The van der Waals surface area contributed by atoms with Crippen molar-refractivity contribution in [1.29, 1.82) is 0 Å². The second-order valence-corrected chi connectivity index (χ2v) is 2.96. The zero-order valence-corrected chi connectivity index (χ0v) is 9.11. The van der Waals surface area contributed by atoms with E-state index in [0.29, 0.717) is 39.1 Å². The van der Waals surface area contributed by atoms with Gasteiger partial charge in [-0.15, -0.1) is 0 Å². The van der Waals surface area contributed by atoms with E-state index in [1.54, 1.807) is 0 Å². The van der Waals surface area contributed by atoms with Crippen molar-refractivity contribution in [3.05, 3.63) is 10.4 Å². The molecular formula is C9H18N4O2.